The van der Waals surface area contributed by atoms with Crippen LogP contribution in [-0.2, 0) is 0 Å². The van der Waals surface area contributed by atoms with E-state index < -0.39 is 5.89 Å². The molecule has 1 fully saturated rings. The summed E-state index contributed by atoms with van der Waals surface area (Å²) in [7, 11) is 0. The average Bonchev–Trinajstić information content (AvgIpc) is 2.10. The average molecular weight is 180 g/mol. The number of hydrogen-bond acceptors (Lipinski definition) is 3. The molecule has 0 bridgehead atoms. The zero-order valence-corrected chi connectivity index (χ0v) is 7.76. The van der Waals surface area contributed by atoms with E-state index in [1.807, 2.05) is 6.66 Å². The summed E-state index contributed by atoms with van der Waals surface area (Å²) in [6, 6.07) is 0. The van der Waals surface area contributed by atoms with Crippen LogP contribution in [0, 0.1) is 12.3 Å². The molecule has 0 amide bonds. The summed E-state index contributed by atoms with van der Waals surface area (Å²) in [5.41, 5.74) is 0. The Labute approximate surface area is 63.9 Å². The maximum atomic E-state index is 9.47. The van der Waals surface area contributed by atoms with Gasteiger partial charge in [0.15, 0.2) is 0 Å². The summed E-state index contributed by atoms with van der Waals surface area (Å²) in [5, 5.41) is 0.261. The van der Waals surface area contributed by atoms with Crippen LogP contribution in [0.15, 0.2) is 0 Å². The van der Waals surface area contributed by atoms with Crippen LogP contribution in [0.2, 0.25) is 0 Å². The van der Waals surface area contributed by atoms with Crippen LogP contribution < -0.4 is 0 Å². The molecule has 0 aromatic carbocycles. The van der Waals surface area contributed by atoms with Crippen molar-refractivity contribution in [2.75, 3.05) is 12.4 Å². The van der Waals surface area contributed by atoms with Crippen LogP contribution in [0.1, 0.15) is 0 Å². The van der Waals surface area contributed by atoms with Crippen LogP contribution in [0.4, 0.5) is 0 Å². The van der Waals surface area contributed by atoms with E-state index in [4.69, 9.17) is 6.42 Å². The first kappa shape index (κ1) is 7.75. The van der Waals surface area contributed by atoms with Gasteiger partial charge in [0.1, 0.15) is 0 Å². The summed E-state index contributed by atoms with van der Waals surface area (Å²) >= 11 is 3.24. The summed E-state index contributed by atoms with van der Waals surface area (Å²) in [6.07, 6.45) is 5.18. The molecule has 1 aliphatic rings. The first-order chi connectivity index (χ1) is 4.14. The maximum absolute atomic E-state index is 9.47. The monoisotopic (exact) mass is 180 g/mol. The van der Waals surface area contributed by atoms with Crippen molar-refractivity contribution in [3.63, 3.8) is 0 Å². The van der Waals surface area contributed by atoms with E-state index in [2.05, 4.69) is 5.92 Å². The second-order valence-electron chi connectivity index (χ2n) is 1.98. The fourth-order valence-electron chi connectivity index (χ4n) is 0.644. The summed E-state index contributed by atoms with van der Waals surface area (Å²) in [6.45, 7) is 1.92. The molecule has 0 spiro atoms. The van der Waals surface area contributed by atoms with E-state index in [0.29, 0.717) is 0 Å². The normalized spacial score (nSPS) is 35.4. The zero-order chi connectivity index (χ0) is 6.91. The zero-order valence-electron chi connectivity index (χ0n) is 5.13. The fourth-order valence-corrected chi connectivity index (χ4v) is 9.01. The van der Waals surface area contributed by atoms with E-state index in [1.165, 1.54) is 0 Å². The Kier molecular flexibility index (Phi) is 2.34. The molecule has 0 radical (unpaired) electrons. The molecule has 4 heteroatoms. The van der Waals surface area contributed by atoms with Gasteiger partial charge in [-0.15, -0.1) is 0 Å². The van der Waals surface area contributed by atoms with Crippen molar-refractivity contribution in [3.8, 4) is 12.3 Å². The standard InChI is InChI=1S/C5H9OPS2/c1-3-5-4-8-7(2,6)9-5/h1,5-7H,4H2,2H3. The fraction of sp³-hybridized carbons (Fsp3) is 0.600. The Morgan fingerprint density at radius 2 is 2.56 bits per heavy atom. The summed E-state index contributed by atoms with van der Waals surface area (Å²) in [5.74, 6) is 1.63. The van der Waals surface area contributed by atoms with Crippen molar-refractivity contribution in [2.45, 2.75) is 5.25 Å². The van der Waals surface area contributed by atoms with Gasteiger partial charge in [-0.25, -0.2) is 0 Å². The second kappa shape index (κ2) is 2.72. The van der Waals surface area contributed by atoms with Gasteiger partial charge >= 0.3 is 63.6 Å². The molecule has 1 heterocycles. The van der Waals surface area contributed by atoms with Crippen LogP contribution in [0.25, 0.3) is 0 Å². The van der Waals surface area contributed by atoms with Gasteiger partial charge in [0.05, 0.1) is 0 Å². The molecule has 1 saturated heterocycles. The van der Waals surface area contributed by atoms with Crippen LogP contribution in [0.5, 0.6) is 0 Å². The Hall–Kier alpha value is 0.650. The molecule has 1 aliphatic heterocycles. The third kappa shape index (κ3) is 2.05. The molecule has 52 valence electrons. The molecule has 9 heavy (non-hydrogen) atoms. The van der Waals surface area contributed by atoms with Gasteiger partial charge in [0.2, 0.25) is 0 Å². The predicted molar refractivity (Wildman–Crippen MR) is 49.1 cm³/mol. The van der Waals surface area contributed by atoms with E-state index in [1.54, 1.807) is 22.8 Å². The Morgan fingerprint density at radius 1 is 1.89 bits per heavy atom. The third-order valence-electron chi connectivity index (χ3n) is 1.05. The Bertz CT molecular complexity index is 152. The van der Waals surface area contributed by atoms with Gasteiger partial charge in [0.25, 0.3) is 0 Å². The van der Waals surface area contributed by atoms with Gasteiger partial charge in [-0.3, -0.25) is 0 Å². The van der Waals surface area contributed by atoms with Gasteiger partial charge in [-0.2, -0.15) is 0 Å². The SMILES string of the molecule is C#CC1CS[PH](C)(O)S1. The molecule has 1 N–H and O–H groups in total. The van der Waals surface area contributed by atoms with Crippen molar-refractivity contribution in [1.82, 2.24) is 0 Å². The summed E-state index contributed by atoms with van der Waals surface area (Å²) in [4.78, 5) is 9.47. The Morgan fingerprint density at radius 3 is 2.78 bits per heavy atom. The van der Waals surface area contributed by atoms with Crippen molar-refractivity contribution in [2.24, 2.45) is 0 Å². The topological polar surface area (TPSA) is 20.2 Å². The number of rotatable bonds is 0. The molecule has 0 aromatic heterocycles. The van der Waals surface area contributed by atoms with Crippen molar-refractivity contribution in [3.05, 3.63) is 0 Å². The van der Waals surface area contributed by atoms with Gasteiger partial charge in [-0.1, -0.05) is 0 Å². The van der Waals surface area contributed by atoms with E-state index >= 15 is 0 Å². The minimum absolute atomic E-state index is 0.261. The van der Waals surface area contributed by atoms with Crippen LogP contribution in [-0.4, -0.2) is 22.6 Å². The van der Waals surface area contributed by atoms with Crippen LogP contribution in [0.3, 0.4) is 0 Å². The molecule has 1 atom stereocenters. The number of terminal acetylenes is 1. The van der Waals surface area contributed by atoms with Crippen molar-refractivity contribution < 1.29 is 4.89 Å². The third-order valence-corrected chi connectivity index (χ3v) is 9.52. The van der Waals surface area contributed by atoms with Gasteiger partial charge < -0.3 is 0 Å². The molecule has 0 saturated carbocycles. The molecule has 1 rings (SSSR count). The van der Waals surface area contributed by atoms with E-state index in [-0.39, 0.29) is 5.25 Å². The van der Waals surface area contributed by atoms with Gasteiger partial charge in [0, 0.05) is 0 Å². The van der Waals surface area contributed by atoms with Gasteiger partial charge in [-0.05, 0) is 0 Å². The molecular formula is C5H9OPS2. The molecular weight excluding hydrogens is 171 g/mol. The van der Waals surface area contributed by atoms with Crippen molar-refractivity contribution in [1.29, 1.82) is 0 Å². The number of hydrogen-bond donors (Lipinski definition) is 1. The minimum atomic E-state index is -1.93. The first-order valence-corrected chi connectivity index (χ1v) is 8.40. The molecule has 0 aromatic rings. The van der Waals surface area contributed by atoms with E-state index in [0.717, 1.165) is 5.75 Å². The second-order valence-corrected chi connectivity index (χ2v) is 12.3. The molecule has 1 nitrogen and oxygen atoms in total. The molecule has 0 aliphatic carbocycles. The predicted octanol–water partition coefficient (Wildman–Crippen LogP) is 1.59. The first-order valence-electron chi connectivity index (χ1n) is 2.64. The Balaban J connectivity index is 2.50. The van der Waals surface area contributed by atoms with Crippen LogP contribution >= 0.6 is 28.7 Å². The quantitative estimate of drug-likeness (QED) is 0.451. The van der Waals surface area contributed by atoms with E-state index in [9.17, 15) is 4.89 Å². The van der Waals surface area contributed by atoms with Crippen molar-refractivity contribution >= 4 is 28.7 Å². The molecule has 1 unspecified atom stereocenters. The summed E-state index contributed by atoms with van der Waals surface area (Å²) < 4.78 is 0.